The predicted octanol–water partition coefficient (Wildman–Crippen LogP) is 2.41. The smallest absolute Gasteiger partial charge is 0.0609 e. The van der Waals surface area contributed by atoms with E-state index in [9.17, 15) is 0 Å². The van der Waals surface area contributed by atoms with E-state index in [0.717, 1.165) is 11.6 Å². The second-order valence-electron chi connectivity index (χ2n) is 4.98. The molecule has 2 aliphatic heterocycles. The monoisotopic (exact) mass is 251 g/mol. The van der Waals surface area contributed by atoms with E-state index < -0.39 is 0 Å². The van der Waals surface area contributed by atoms with E-state index in [-0.39, 0.29) is 0 Å². The summed E-state index contributed by atoms with van der Waals surface area (Å²) in [5, 5.41) is 0.736. The average molecular weight is 252 g/mol. The summed E-state index contributed by atoms with van der Waals surface area (Å²) in [6.45, 7) is 4.79. The first-order valence-corrected chi connectivity index (χ1v) is 6.80. The topological polar surface area (TPSA) is 19.4 Å². The average Bonchev–Trinajstić information content (AvgIpc) is 2.63. The maximum Gasteiger partial charge on any atom is 0.0609 e. The molecule has 3 heterocycles. The highest BCUT2D eigenvalue weighted by atomic mass is 35.5. The van der Waals surface area contributed by atoms with Gasteiger partial charge in [0.1, 0.15) is 0 Å². The fourth-order valence-corrected chi connectivity index (χ4v) is 3.17. The SMILES string of the molecule is Clc1cncc(N2CCN3CCCC2CC3)c1. The van der Waals surface area contributed by atoms with Gasteiger partial charge in [-0.25, -0.2) is 0 Å². The molecule has 1 aromatic rings. The van der Waals surface area contributed by atoms with Gasteiger partial charge in [-0.15, -0.1) is 0 Å². The second-order valence-corrected chi connectivity index (χ2v) is 5.42. The summed E-state index contributed by atoms with van der Waals surface area (Å²) < 4.78 is 0. The Morgan fingerprint density at radius 2 is 2.06 bits per heavy atom. The van der Waals surface area contributed by atoms with Crippen LogP contribution < -0.4 is 4.90 Å². The third kappa shape index (κ3) is 2.40. The summed E-state index contributed by atoms with van der Waals surface area (Å²) >= 11 is 6.04. The van der Waals surface area contributed by atoms with Gasteiger partial charge in [0.25, 0.3) is 0 Å². The lowest BCUT2D eigenvalue weighted by molar-refractivity contribution is 0.298. The van der Waals surface area contributed by atoms with Gasteiger partial charge >= 0.3 is 0 Å². The number of nitrogens with zero attached hydrogens (tertiary/aromatic N) is 3. The molecule has 2 unspecified atom stereocenters. The Bertz CT molecular complexity index is 396. The normalized spacial score (nSPS) is 28.9. The Morgan fingerprint density at radius 1 is 1.12 bits per heavy atom. The van der Waals surface area contributed by atoms with Gasteiger partial charge in [0.05, 0.1) is 16.9 Å². The number of hydrogen-bond donors (Lipinski definition) is 0. The van der Waals surface area contributed by atoms with Gasteiger partial charge in [0, 0.05) is 31.9 Å². The number of halogens is 1. The third-order valence-corrected chi connectivity index (χ3v) is 4.12. The van der Waals surface area contributed by atoms with Crippen LogP contribution in [0.25, 0.3) is 0 Å². The minimum absolute atomic E-state index is 0.669. The Kier molecular flexibility index (Phi) is 3.21. The van der Waals surface area contributed by atoms with Crippen LogP contribution in [0.2, 0.25) is 5.02 Å². The molecule has 2 fully saturated rings. The van der Waals surface area contributed by atoms with E-state index >= 15 is 0 Å². The van der Waals surface area contributed by atoms with E-state index in [1.165, 1.54) is 44.6 Å². The van der Waals surface area contributed by atoms with Crippen LogP contribution >= 0.6 is 11.6 Å². The molecule has 0 saturated carbocycles. The van der Waals surface area contributed by atoms with Crippen LogP contribution in [0.4, 0.5) is 5.69 Å². The van der Waals surface area contributed by atoms with Gasteiger partial charge < -0.3 is 9.80 Å². The van der Waals surface area contributed by atoms with Crippen LogP contribution in [0, 0.1) is 0 Å². The maximum atomic E-state index is 6.04. The molecule has 92 valence electrons. The number of pyridine rings is 1. The van der Waals surface area contributed by atoms with Gasteiger partial charge in [-0.2, -0.15) is 0 Å². The van der Waals surface area contributed by atoms with E-state index in [4.69, 9.17) is 11.6 Å². The van der Waals surface area contributed by atoms with E-state index in [0.29, 0.717) is 6.04 Å². The highest BCUT2D eigenvalue weighted by molar-refractivity contribution is 6.30. The van der Waals surface area contributed by atoms with Crippen molar-refractivity contribution in [2.24, 2.45) is 0 Å². The number of fused-ring (bicyclic) bond motifs is 3. The predicted molar refractivity (Wildman–Crippen MR) is 70.7 cm³/mol. The van der Waals surface area contributed by atoms with Gasteiger partial charge in [-0.05, 0) is 31.9 Å². The minimum atomic E-state index is 0.669. The molecule has 3 rings (SSSR count). The first kappa shape index (κ1) is 11.3. The third-order valence-electron chi connectivity index (χ3n) is 3.91. The summed E-state index contributed by atoms with van der Waals surface area (Å²) in [5.41, 5.74) is 1.19. The van der Waals surface area contributed by atoms with Crippen LogP contribution in [-0.2, 0) is 0 Å². The van der Waals surface area contributed by atoms with E-state index in [1.807, 2.05) is 12.3 Å². The van der Waals surface area contributed by atoms with Crippen molar-refractivity contribution >= 4 is 17.3 Å². The van der Waals surface area contributed by atoms with Crippen molar-refractivity contribution in [3.05, 3.63) is 23.5 Å². The summed E-state index contributed by atoms with van der Waals surface area (Å²) in [7, 11) is 0. The largest absolute Gasteiger partial charge is 0.366 e. The summed E-state index contributed by atoms with van der Waals surface area (Å²) in [5.74, 6) is 0. The van der Waals surface area contributed by atoms with Crippen molar-refractivity contribution < 1.29 is 0 Å². The lowest BCUT2D eigenvalue weighted by atomic mass is 10.1. The minimum Gasteiger partial charge on any atom is -0.366 e. The lowest BCUT2D eigenvalue weighted by Gasteiger charge is -2.33. The number of anilines is 1. The van der Waals surface area contributed by atoms with Crippen LogP contribution in [0.5, 0.6) is 0 Å². The Balaban J connectivity index is 1.86. The molecular formula is C13H18ClN3. The van der Waals surface area contributed by atoms with E-state index in [2.05, 4.69) is 14.8 Å². The van der Waals surface area contributed by atoms with Crippen molar-refractivity contribution in [3.63, 3.8) is 0 Å². The molecule has 0 aliphatic carbocycles. The number of rotatable bonds is 1. The van der Waals surface area contributed by atoms with Gasteiger partial charge in [0.15, 0.2) is 0 Å². The molecule has 0 N–H and O–H groups in total. The summed E-state index contributed by atoms with van der Waals surface area (Å²) in [4.78, 5) is 9.29. The van der Waals surface area contributed by atoms with E-state index in [1.54, 1.807) is 6.20 Å². The Hall–Kier alpha value is -0.800. The summed E-state index contributed by atoms with van der Waals surface area (Å²) in [6, 6.07) is 2.71. The highest BCUT2D eigenvalue weighted by Gasteiger charge is 2.27. The van der Waals surface area contributed by atoms with Crippen LogP contribution in [-0.4, -0.2) is 42.1 Å². The Morgan fingerprint density at radius 3 is 2.94 bits per heavy atom. The molecule has 0 aromatic carbocycles. The van der Waals surface area contributed by atoms with Crippen molar-refractivity contribution in [2.45, 2.75) is 25.3 Å². The number of hydrogen-bond acceptors (Lipinski definition) is 3. The van der Waals surface area contributed by atoms with Crippen LogP contribution in [0.1, 0.15) is 19.3 Å². The molecular weight excluding hydrogens is 234 g/mol. The van der Waals surface area contributed by atoms with Crippen molar-refractivity contribution in [2.75, 3.05) is 31.1 Å². The molecule has 2 aliphatic rings. The standard InChI is InChI=1S/C13H18ClN3/c14-11-8-13(10-15-9-11)17-7-6-16-4-1-2-12(17)3-5-16/h8-10,12H,1-7H2. The van der Waals surface area contributed by atoms with Gasteiger partial charge in [-0.3, -0.25) is 4.98 Å². The van der Waals surface area contributed by atoms with Crippen LogP contribution in [0.3, 0.4) is 0 Å². The number of aromatic nitrogens is 1. The molecule has 2 atom stereocenters. The Labute approximate surface area is 107 Å². The van der Waals surface area contributed by atoms with Crippen molar-refractivity contribution in [1.29, 1.82) is 0 Å². The first-order valence-electron chi connectivity index (χ1n) is 6.42. The maximum absolute atomic E-state index is 6.04. The molecule has 3 nitrogen and oxygen atoms in total. The van der Waals surface area contributed by atoms with Crippen molar-refractivity contribution in [1.82, 2.24) is 9.88 Å². The van der Waals surface area contributed by atoms with Crippen molar-refractivity contribution in [3.8, 4) is 0 Å². The second kappa shape index (κ2) is 4.83. The molecule has 2 bridgehead atoms. The molecule has 1 aromatic heterocycles. The molecule has 0 radical (unpaired) electrons. The lowest BCUT2D eigenvalue weighted by Crippen LogP contribution is -2.39. The molecule has 0 amide bonds. The van der Waals surface area contributed by atoms with Crippen LogP contribution in [0.15, 0.2) is 18.5 Å². The summed E-state index contributed by atoms with van der Waals surface area (Å²) in [6.07, 6.45) is 7.52. The molecule has 4 heteroatoms. The molecule has 2 saturated heterocycles. The quantitative estimate of drug-likeness (QED) is 0.764. The highest BCUT2D eigenvalue weighted by Crippen LogP contribution is 2.27. The first-order chi connectivity index (χ1) is 8.33. The molecule has 17 heavy (non-hydrogen) atoms. The fraction of sp³-hybridized carbons (Fsp3) is 0.615. The molecule has 0 spiro atoms. The van der Waals surface area contributed by atoms with Gasteiger partial charge in [-0.1, -0.05) is 11.6 Å². The zero-order valence-corrected chi connectivity index (χ0v) is 10.7. The zero-order chi connectivity index (χ0) is 11.7. The van der Waals surface area contributed by atoms with Gasteiger partial charge in [0.2, 0.25) is 0 Å². The zero-order valence-electron chi connectivity index (χ0n) is 9.98. The fourth-order valence-electron chi connectivity index (χ4n) is 3.00.